The Hall–Kier alpha value is -0.0400. The van der Waals surface area contributed by atoms with E-state index in [4.69, 9.17) is 5.73 Å². The zero-order chi connectivity index (χ0) is 7.78. The van der Waals surface area contributed by atoms with Crippen molar-refractivity contribution >= 4 is 0 Å². The normalized spacial score (nSPS) is 38.7. The van der Waals surface area contributed by atoms with Crippen molar-refractivity contribution in [1.29, 1.82) is 0 Å². The Balaban J connectivity index is 2.07. The van der Waals surface area contributed by atoms with Gasteiger partial charge in [0.25, 0.3) is 0 Å². The Bertz CT molecular complexity index is 116. The molecule has 0 aromatic carbocycles. The van der Waals surface area contributed by atoms with E-state index in [-0.39, 0.29) is 5.54 Å². The van der Waals surface area contributed by atoms with Crippen LogP contribution >= 0.6 is 0 Å². The van der Waals surface area contributed by atoms with E-state index < -0.39 is 0 Å². The molecule has 1 heteroatoms. The van der Waals surface area contributed by atoms with Crippen LogP contribution in [0.5, 0.6) is 0 Å². The largest absolute Gasteiger partial charge is 0.325 e. The summed E-state index contributed by atoms with van der Waals surface area (Å²) in [5.74, 6) is 1.67. The first-order valence-electron chi connectivity index (χ1n) is 4.31. The summed E-state index contributed by atoms with van der Waals surface area (Å²) in [5, 5.41) is 0. The van der Waals surface area contributed by atoms with E-state index in [1.165, 1.54) is 19.3 Å². The van der Waals surface area contributed by atoms with Crippen LogP contribution in [0.1, 0.15) is 40.0 Å². The van der Waals surface area contributed by atoms with E-state index in [0.717, 1.165) is 11.8 Å². The molecule has 0 saturated heterocycles. The molecule has 1 fully saturated rings. The molecule has 0 bridgehead atoms. The molecule has 0 amide bonds. The fourth-order valence-corrected chi connectivity index (χ4v) is 1.44. The molecular weight excluding hydrogens is 122 g/mol. The zero-order valence-corrected chi connectivity index (χ0v) is 7.35. The van der Waals surface area contributed by atoms with Crippen LogP contribution in [0.15, 0.2) is 0 Å². The first kappa shape index (κ1) is 8.06. The van der Waals surface area contributed by atoms with Gasteiger partial charge >= 0.3 is 0 Å². The van der Waals surface area contributed by atoms with Crippen molar-refractivity contribution in [2.24, 2.45) is 17.6 Å². The third kappa shape index (κ3) is 1.98. The number of rotatable bonds is 3. The van der Waals surface area contributed by atoms with Crippen molar-refractivity contribution in [1.82, 2.24) is 0 Å². The Morgan fingerprint density at radius 2 is 2.10 bits per heavy atom. The molecule has 60 valence electrons. The van der Waals surface area contributed by atoms with Crippen molar-refractivity contribution < 1.29 is 0 Å². The summed E-state index contributed by atoms with van der Waals surface area (Å²) in [6.07, 6.45) is 3.93. The fraction of sp³-hybridized carbons (Fsp3) is 1.00. The Labute approximate surface area is 64.0 Å². The molecule has 0 aromatic heterocycles. The molecule has 1 aliphatic carbocycles. The molecule has 2 N–H and O–H groups in total. The van der Waals surface area contributed by atoms with Gasteiger partial charge in [0.05, 0.1) is 0 Å². The zero-order valence-electron chi connectivity index (χ0n) is 7.35. The van der Waals surface area contributed by atoms with Crippen molar-refractivity contribution in [2.45, 2.75) is 45.6 Å². The van der Waals surface area contributed by atoms with Gasteiger partial charge in [-0.25, -0.2) is 0 Å². The van der Waals surface area contributed by atoms with Crippen LogP contribution in [0.2, 0.25) is 0 Å². The molecule has 10 heavy (non-hydrogen) atoms. The van der Waals surface area contributed by atoms with Gasteiger partial charge in [0.15, 0.2) is 0 Å². The van der Waals surface area contributed by atoms with Gasteiger partial charge < -0.3 is 5.73 Å². The molecule has 0 radical (unpaired) electrons. The summed E-state index contributed by atoms with van der Waals surface area (Å²) < 4.78 is 0. The molecule has 2 atom stereocenters. The lowest BCUT2D eigenvalue weighted by Gasteiger charge is -2.05. The highest BCUT2D eigenvalue weighted by atomic mass is 14.8. The molecule has 1 saturated carbocycles. The maximum atomic E-state index is 5.90. The Morgan fingerprint density at radius 1 is 1.60 bits per heavy atom. The van der Waals surface area contributed by atoms with Crippen LogP contribution < -0.4 is 5.73 Å². The second-order valence-corrected chi connectivity index (χ2v) is 4.38. The van der Waals surface area contributed by atoms with Crippen molar-refractivity contribution in [3.8, 4) is 0 Å². The maximum absolute atomic E-state index is 5.90. The summed E-state index contributed by atoms with van der Waals surface area (Å²) in [4.78, 5) is 0. The summed E-state index contributed by atoms with van der Waals surface area (Å²) >= 11 is 0. The van der Waals surface area contributed by atoms with Crippen LogP contribution in [-0.4, -0.2) is 5.54 Å². The molecule has 1 rings (SSSR count). The van der Waals surface area contributed by atoms with E-state index in [2.05, 4.69) is 20.8 Å². The first-order valence-corrected chi connectivity index (χ1v) is 4.31. The van der Waals surface area contributed by atoms with Gasteiger partial charge in [-0.2, -0.15) is 0 Å². The van der Waals surface area contributed by atoms with Gasteiger partial charge in [-0.15, -0.1) is 0 Å². The maximum Gasteiger partial charge on any atom is 0.0158 e. The van der Waals surface area contributed by atoms with Crippen LogP contribution in [0.3, 0.4) is 0 Å². The van der Waals surface area contributed by atoms with E-state index >= 15 is 0 Å². The second kappa shape index (κ2) is 2.54. The van der Waals surface area contributed by atoms with Gasteiger partial charge in [0.1, 0.15) is 0 Å². The number of nitrogens with two attached hydrogens (primary N) is 1. The summed E-state index contributed by atoms with van der Waals surface area (Å²) in [6.45, 7) is 6.71. The van der Waals surface area contributed by atoms with E-state index in [9.17, 15) is 0 Å². The highest BCUT2D eigenvalue weighted by molar-refractivity contribution is 5.03. The minimum atomic E-state index is 0.203. The van der Waals surface area contributed by atoms with Gasteiger partial charge in [-0.05, 0) is 31.6 Å². The van der Waals surface area contributed by atoms with Crippen LogP contribution in [0.25, 0.3) is 0 Å². The standard InChI is InChI=1S/C9H19N/c1-7(2)4-5-8-6-9(8,3)10/h7-8H,4-6,10H2,1-3H3. The third-order valence-corrected chi connectivity index (χ3v) is 2.55. The summed E-state index contributed by atoms with van der Waals surface area (Å²) in [5.41, 5.74) is 6.10. The monoisotopic (exact) mass is 141 g/mol. The summed E-state index contributed by atoms with van der Waals surface area (Å²) in [6, 6.07) is 0. The SMILES string of the molecule is CC(C)CCC1CC1(C)N. The molecule has 0 aliphatic heterocycles. The van der Waals surface area contributed by atoms with Gasteiger partial charge in [0, 0.05) is 5.54 Å². The predicted octanol–water partition coefficient (Wildman–Crippen LogP) is 2.16. The lowest BCUT2D eigenvalue weighted by molar-refractivity contribution is 0.498. The highest BCUT2D eigenvalue weighted by Gasteiger charge is 2.45. The Kier molecular flexibility index (Phi) is 2.04. The minimum Gasteiger partial charge on any atom is -0.325 e. The third-order valence-electron chi connectivity index (χ3n) is 2.55. The van der Waals surface area contributed by atoms with Crippen molar-refractivity contribution in [2.75, 3.05) is 0 Å². The summed E-state index contributed by atoms with van der Waals surface area (Å²) in [7, 11) is 0. The first-order chi connectivity index (χ1) is 4.52. The topological polar surface area (TPSA) is 26.0 Å². The minimum absolute atomic E-state index is 0.203. The average molecular weight is 141 g/mol. The molecular formula is C9H19N. The van der Waals surface area contributed by atoms with Crippen LogP contribution in [0.4, 0.5) is 0 Å². The van der Waals surface area contributed by atoms with Gasteiger partial charge in [-0.3, -0.25) is 0 Å². The lowest BCUT2D eigenvalue weighted by atomic mass is 10.0. The van der Waals surface area contributed by atoms with Crippen molar-refractivity contribution in [3.05, 3.63) is 0 Å². The van der Waals surface area contributed by atoms with E-state index in [1.807, 2.05) is 0 Å². The molecule has 0 aromatic rings. The molecule has 0 heterocycles. The number of hydrogen-bond donors (Lipinski definition) is 1. The smallest absolute Gasteiger partial charge is 0.0158 e. The van der Waals surface area contributed by atoms with Gasteiger partial charge in [-0.1, -0.05) is 20.3 Å². The molecule has 2 unspecified atom stereocenters. The lowest BCUT2D eigenvalue weighted by Crippen LogP contribution is -2.19. The quantitative estimate of drug-likeness (QED) is 0.640. The molecule has 1 aliphatic rings. The van der Waals surface area contributed by atoms with Crippen LogP contribution in [-0.2, 0) is 0 Å². The van der Waals surface area contributed by atoms with E-state index in [0.29, 0.717) is 0 Å². The molecule has 1 nitrogen and oxygen atoms in total. The van der Waals surface area contributed by atoms with Crippen molar-refractivity contribution in [3.63, 3.8) is 0 Å². The molecule has 0 spiro atoms. The van der Waals surface area contributed by atoms with Gasteiger partial charge in [0.2, 0.25) is 0 Å². The van der Waals surface area contributed by atoms with Crippen LogP contribution in [0, 0.1) is 11.8 Å². The highest BCUT2D eigenvalue weighted by Crippen LogP contribution is 2.44. The fourth-order valence-electron chi connectivity index (χ4n) is 1.44. The number of hydrogen-bond acceptors (Lipinski definition) is 1. The van der Waals surface area contributed by atoms with E-state index in [1.54, 1.807) is 0 Å². The second-order valence-electron chi connectivity index (χ2n) is 4.38. The average Bonchev–Trinajstić information content (AvgIpc) is 2.35. The predicted molar refractivity (Wildman–Crippen MR) is 44.8 cm³/mol. The Morgan fingerprint density at radius 3 is 2.40 bits per heavy atom.